The Bertz CT molecular complexity index is 806. The van der Waals surface area contributed by atoms with Crippen molar-refractivity contribution in [3.63, 3.8) is 0 Å². The van der Waals surface area contributed by atoms with Crippen molar-refractivity contribution in [3.05, 3.63) is 60.2 Å². The van der Waals surface area contributed by atoms with E-state index in [0.29, 0.717) is 17.0 Å². The average Bonchev–Trinajstić information content (AvgIpc) is 2.55. The van der Waals surface area contributed by atoms with Gasteiger partial charge in [-0.05, 0) is 17.7 Å². The fourth-order valence-electron chi connectivity index (χ4n) is 2.30. The van der Waals surface area contributed by atoms with Gasteiger partial charge in [-0.3, -0.25) is 4.79 Å². The van der Waals surface area contributed by atoms with Gasteiger partial charge in [0.05, 0.1) is 19.1 Å². The smallest absolute Gasteiger partial charge is 0.247 e. The number of ether oxygens (including phenoxy) is 1. The minimum atomic E-state index is -3.56. The highest BCUT2D eigenvalue weighted by Gasteiger charge is 2.31. The molecule has 0 bridgehead atoms. The summed E-state index contributed by atoms with van der Waals surface area (Å²) in [6.45, 7) is 0. The van der Waals surface area contributed by atoms with Crippen LogP contribution in [0.15, 0.2) is 54.6 Å². The lowest BCUT2D eigenvalue weighted by molar-refractivity contribution is -0.119. The first-order valence-electron chi connectivity index (χ1n) is 7.26. The van der Waals surface area contributed by atoms with Crippen molar-refractivity contribution in [3.8, 4) is 5.75 Å². The van der Waals surface area contributed by atoms with E-state index in [4.69, 9.17) is 4.74 Å². The number of amides is 1. The van der Waals surface area contributed by atoms with Gasteiger partial charge < -0.3 is 10.1 Å². The van der Waals surface area contributed by atoms with Crippen LogP contribution in [0.1, 0.15) is 11.6 Å². The fraction of sp³-hybridized carbons (Fsp3) is 0.235. The minimum Gasteiger partial charge on any atom is -0.495 e. The van der Waals surface area contributed by atoms with Crippen LogP contribution in [0, 0.1) is 0 Å². The maximum atomic E-state index is 12.8. The third-order valence-corrected chi connectivity index (χ3v) is 4.87. The van der Waals surface area contributed by atoms with Gasteiger partial charge in [-0.1, -0.05) is 42.5 Å². The van der Waals surface area contributed by atoms with Crippen molar-refractivity contribution in [2.75, 3.05) is 25.7 Å². The number of rotatable bonds is 6. The van der Waals surface area contributed by atoms with Crippen LogP contribution < -0.4 is 10.1 Å². The van der Waals surface area contributed by atoms with Gasteiger partial charge >= 0.3 is 0 Å². The molecule has 0 radical (unpaired) electrons. The Hall–Kier alpha value is -2.38. The van der Waals surface area contributed by atoms with Crippen molar-refractivity contribution < 1.29 is 17.9 Å². The molecular weight excluding hydrogens is 328 g/mol. The van der Waals surface area contributed by atoms with Crippen LogP contribution in [0.2, 0.25) is 0 Å². The predicted octanol–water partition coefficient (Wildman–Crippen LogP) is 2.27. The number of likely N-dealkylation sites (N-methyl/N-ethyl adjacent to an activating group) is 1. The lowest BCUT2D eigenvalue weighted by Gasteiger charge is -2.26. The molecule has 0 aliphatic heterocycles. The van der Waals surface area contributed by atoms with E-state index in [1.165, 1.54) is 14.2 Å². The second-order valence-corrected chi connectivity index (χ2v) is 7.32. The number of sulfonamides is 1. The van der Waals surface area contributed by atoms with E-state index in [1.807, 2.05) is 0 Å². The monoisotopic (exact) mass is 348 g/mol. The second-order valence-electron chi connectivity index (χ2n) is 5.28. The molecule has 1 N–H and O–H groups in total. The zero-order valence-electron chi connectivity index (χ0n) is 13.8. The molecule has 0 saturated heterocycles. The summed E-state index contributed by atoms with van der Waals surface area (Å²) in [6.07, 6.45) is 1.07. The molecule has 1 atom stereocenters. The van der Waals surface area contributed by atoms with E-state index in [9.17, 15) is 13.2 Å². The van der Waals surface area contributed by atoms with Gasteiger partial charge in [0.2, 0.25) is 15.9 Å². The number of methoxy groups -OCH3 is 1. The van der Waals surface area contributed by atoms with Crippen LogP contribution in [-0.2, 0) is 14.8 Å². The highest BCUT2D eigenvalue weighted by atomic mass is 32.2. The van der Waals surface area contributed by atoms with Gasteiger partial charge in [0.15, 0.2) is 0 Å². The van der Waals surface area contributed by atoms with Crippen molar-refractivity contribution in [1.82, 2.24) is 4.31 Å². The minimum absolute atomic E-state index is 0.460. The van der Waals surface area contributed by atoms with Crippen molar-refractivity contribution in [2.45, 2.75) is 6.04 Å². The fourth-order valence-corrected chi connectivity index (χ4v) is 2.90. The molecule has 0 heterocycles. The number of hydrogen-bond acceptors (Lipinski definition) is 4. The quantitative estimate of drug-likeness (QED) is 0.869. The molecule has 2 rings (SSSR count). The van der Waals surface area contributed by atoms with Gasteiger partial charge in [-0.2, -0.15) is 4.31 Å². The number of nitrogens with zero attached hydrogens (tertiary/aromatic N) is 1. The molecule has 2 aromatic carbocycles. The summed E-state index contributed by atoms with van der Waals surface area (Å²) in [5.41, 5.74) is 1.06. The Morgan fingerprint density at radius 1 is 1.08 bits per heavy atom. The average molecular weight is 348 g/mol. The van der Waals surface area contributed by atoms with E-state index in [1.54, 1.807) is 54.6 Å². The van der Waals surface area contributed by atoms with Crippen molar-refractivity contribution >= 4 is 21.6 Å². The summed E-state index contributed by atoms with van der Waals surface area (Å²) in [6, 6.07) is 14.7. The maximum Gasteiger partial charge on any atom is 0.247 e. The summed E-state index contributed by atoms with van der Waals surface area (Å²) in [5.74, 6) is 0.0401. The third kappa shape index (κ3) is 4.12. The van der Waals surface area contributed by atoms with E-state index in [2.05, 4.69) is 5.32 Å². The summed E-state index contributed by atoms with van der Waals surface area (Å²) in [5, 5.41) is 2.74. The molecular formula is C17H20N2O4S. The Morgan fingerprint density at radius 3 is 2.25 bits per heavy atom. The van der Waals surface area contributed by atoms with E-state index >= 15 is 0 Å². The highest BCUT2D eigenvalue weighted by molar-refractivity contribution is 7.88. The molecule has 0 spiro atoms. The zero-order chi connectivity index (χ0) is 17.7. The molecule has 7 heteroatoms. The SMILES string of the molecule is COc1ccccc1NC(=O)[C@H](c1ccccc1)N(C)S(C)(=O)=O. The van der Waals surface area contributed by atoms with Gasteiger partial charge in [0, 0.05) is 7.05 Å². The van der Waals surface area contributed by atoms with Gasteiger partial charge in [0.1, 0.15) is 11.8 Å². The molecule has 6 nitrogen and oxygen atoms in total. The summed E-state index contributed by atoms with van der Waals surface area (Å²) in [4.78, 5) is 12.8. The van der Waals surface area contributed by atoms with Crippen LogP contribution in [0.25, 0.3) is 0 Å². The molecule has 128 valence electrons. The van der Waals surface area contributed by atoms with Crippen molar-refractivity contribution in [1.29, 1.82) is 0 Å². The second kappa shape index (κ2) is 7.46. The zero-order valence-corrected chi connectivity index (χ0v) is 14.6. The number of nitrogens with one attached hydrogen (secondary N) is 1. The molecule has 0 unspecified atom stereocenters. The number of benzene rings is 2. The topological polar surface area (TPSA) is 75.7 Å². The highest BCUT2D eigenvalue weighted by Crippen LogP contribution is 2.27. The van der Waals surface area contributed by atoms with Crippen LogP contribution in [0.4, 0.5) is 5.69 Å². The van der Waals surface area contributed by atoms with Crippen LogP contribution >= 0.6 is 0 Å². The summed E-state index contributed by atoms with van der Waals surface area (Å²) < 4.78 is 30.2. The lowest BCUT2D eigenvalue weighted by Crippen LogP contribution is -2.38. The Labute approximate surface area is 142 Å². The van der Waals surface area contributed by atoms with Crippen LogP contribution in [0.5, 0.6) is 5.75 Å². The Kier molecular flexibility index (Phi) is 5.58. The van der Waals surface area contributed by atoms with Gasteiger partial charge in [-0.15, -0.1) is 0 Å². The summed E-state index contributed by atoms with van der Waals surface area (Å²) in [7, 11) is -0.676. The molecule has 0 aliphatic rings. The Morgan fingerprint density at radius 2 is 1.67 bits per heavy atom. The first kappa shape index (κ1) is 18.0. The van der Waals surface area contributed by atoms with Gasteiger partial charge in [0.25, 0.3) is 0 Å². The van der Waals surface area contributed by atoms with Crippen LogP contribution in [0.3, 0.4) is 0 Å². The number of para-hydroxylation sites is 2. The summed E-state index contributed by atoms with van der Waals surface area (Å²) >= 11 is 0. The largest absolute Gasteiger partial charge is 0.495 e. The molecule has 0 fully saturated rings. The van der Waals surface area contributed by atoms with Crippen LogP contribution in [-0.4, -0.2) is 39.0 Å². The van der Waals surface area contributed by atoms with Gasteiger partial charge in [-0.25, -0.2) is 8.42 Å². The lowest BCUT2D eigenvalue weighted by atomic mass is 10.1. The van der Waals surface area contributed by atoms with E-state index in [-0.39, 0.29) is 0 Å². The third-order valence-electron chi connectivity index (χ3n) is 3.62. The van der Waals surface area contributed by atoms with E-state index < -0.39 is 22.0 Å². The first-order chi connectivity index (χ1) is 11.3. The predicted molar refractivity (Wildman–Crippen MR) is 93.4 cm³/mol. The standard InChI is InChI=1S/C17H20N2O4S/c1-19(24(3,21)22)16(13-9-5-4-6-10-13)17(20)18-14-11-7-8-12-15(14)23-2/h4-12,16H,1-3H3,(H,18,20)/t16-/m0/s1. The molecule has 0 aliphatic carbocycles. The number of carbonyl (C=O) groups excluding carboxylic acids is 1. The molecule has 2 aromatic rings. The number of carbonyl (C=O) groups is 1. The molecule has 24 heavy (non-hydrogen) atoms. The van der Waals surface area contributed by atoms with E-state index in [0.717, 1.165) is 10.6 Å². The maximum absolute atomic E-state index is 12.8. The number of hydrogen-bond donors (Lipinski definition) is 1. The Balaban J connectivity index is 2.38. The molecule has 0 saturated carbocycles. The normalized spacial score (nSPS) is 12.7. The molecule has 1 amide bonds. The first-order valence-corrected chi connectivity index (χ1v) is 9.11. The molecule has 0 aromatic heterocycles. The van der Waals surface area contributed by atoms with Crippen molar-refractivity contribution in [2.24, 2.45) is 0 Å². The number of anilines is 1.